The summed E-state index contributed by atoms with van der Waals surface area (Å²) in [4.78, 5) is 38.0. The highest BCUT2D eigenvalue weighted by Gasteiger charge is 2.34. The summed E-state index contributed by atoms with van der Waals surface area (Å²) in [5.41, 5.74) is 1.14. The van der Waals surface area contributed by atoms with Gasteiger partial charge >= 0.3 is 5.97 Å². The molecule has 1 aromatic carbocycles. The highest BCUT2D eigenvalue weighted by atomic mass is 32.2. The average Bonchev–Trinajstić information content (AvgIpc) is 3.19. The Morgan fingerprint density at radius 1 is 1.36 bits per heavy atom. The van der Waals surface area contributed by atoms with E-state index in [1.165, 1.54) is 12.0 Å². The lowest BCUT2D eigenvalue weighted by Gasteiger charge is -2.18. The molecule has 148 valence electrons. The van der Waals surface area contributed by atoms with Crippen LogP contribution in [0, 0.1) is 0 Å². The standard InChI is InChI=1S/C18H18N2O5S3/c1-25-17(24)11-4-2-10(3-5-11)6-14-16(23)20(18(26)28-14)7-15(22)19-12-8-27-9-13(12)21/h2-6,12-13,21H,7-9H2,1H3,(H,19,22)/t12-,13+/m1/s1. The molecule has 2 aliphatic rings. The number of methoxy groups -OCH3 is 1. The molecule has 0 unspecified atom stereocenters. The number of thiocarbonyl (C=S) groups is 1. The quantitative estimate of drug-likeness (QED) is 0.403. The van der Waals surface area contributed by atoms with E-state index in [-0.39, 0.29) is 24.4 Å². The largest absolute Gasteiger partial charge is 0.465 e. The van der Waals surface area contributed by atoms with Gasteiger partial charge in [-0.15, -0.1) is 0 Å². The number of esters is 1. The van der Waals surface area contributed by atoms with Crippen LogP contribution >= 0.6 is 35.7 Å². The fraction of sp³-hybridized carbons (Fsp3) is 0.333. The molecule has 2 N–H and O–H groups in total. The molecule has 0 aliphatic carbocycles. The van der Waals surface area contributed by atoms with Gasteiger partial charge in [0.2, 0.25) is 5.91 Å². The second-order valence-corrected chi connectivity index (χ2v) is 8.91. The number of carbonyl (C=O) groups is 3. The van der Waals surface area contributed by atoms with Gasteiger partial charge in [0.25, 0.3) is 5.91 Å². The van der Waals surface area contributed by atoms with Crippen molar-refractivity contribution in [2.75, 3.05) is 25.2 Å². The number of ether oxygens (including phenoxy) is 1. The van der Waals surface area contributed by atoms with Gasteiger partial charge in [-0.3, -0.25) is 14.5 Å². The van der Waals surface area contributed by atoms with Gasteiger partial charge in [0, 0.05) is 11.5 Å². The van der Waals surface area contributed by atoms with Crippen molar-refractivity contribution in [3.05, 3.63) is 40.3 Å². The number of aliphatic hydroxyl groups excluding tert-OH is 1. The smallest absolute Gasteiger partial charge is 0.337 e. The van der Waals surface area contributed by atoms with Crippen molar-refractivity contribution in [2.45, 2.75) is 12.1 Å². The van der Waals surface area contributed by atoms with Gasteiger partial charge in [0.15, 0.2) is 0 Å². The van der Waals surface area contributed by atoms with E-state index in [0.29, 0.717) is 26.3 Å². The first-order valence-electron chi connectivity index (χ1n) is 8.38. The Morgan fingerprint density at radius 2 is 2.07 bits per heavy atom. The maximum Gasteiger partial charge on any atom is 0.337 e. The second-order valence-electron chi connectivity index (χ2n) is 6.16. The van der Waals surface area contributed by atoms with Crippen molar-refractivity contribution < 1.29 is 24.2 Å². The Morgan fingerprint density at radius 3 is 2.68 bits per heavy atom. The SMILES string of the molecule is COC(=O)c1ccc(C=C2SC(=S)N(CC(=O)N[C@@H]3CSC[C@@H]3O)C2=O)cc1. The van der Waals surface area contributed by atoms with E-state index in [0.717, 1.165) is 17.3 Å². The summed E-state index contributed by atoms with van der Waals surface area (Å²) in [6, 6.07) is 6.31. The maximum absolute atomic E-state index is 12.6. The fourth-order valence-electron chi connectivity index (χ4n) is 2.70. The molecular weight excluding hydrogens is 420 g/mol. The van der Waals surface area contributed by atoms with Crippen molar-refractivity contribution in [2.24, 2.45) is 0 Å². The predicted molar refractivity (Wildman–Crippen MR) is 113 cm³/mol. The van der Waals surface area contributed by atoms with Crippen molar-refractivity contribution in [1.82, 2.24) is 10.2 Å². The van der Waals surface area contributed by atoms with Crippen LogP contribution in [-0.2, 0) is 14.3 Å². The molecule has 3 rings (SSSR count). The minimum atomic E-state index is -0.576. The van der Waals surface area contributed by atoms with E-state index < -0.39 is 12.1 Å². The number of hydrogen-bond acceptors (Lipinski definition) is 8. The lowest BCUT2D eigenvalue weighted by Crippen LogP contribution is -2.47. The van der Waals surface area contributed by atoms with Crippen LogP contribution in [0.5, 0.6) is 0 Å². The number of aliphatic hydroxyl groups is 1. The monoisotopic (exact) mass is 438 g/mol. The molecule has 2 saturated heterocycles. The third-order valence-corrected chi connectivity index (χ3v) is 6.75. The summed E-state index contributed by atoms with van der Waals surface area (Å²) < 4.78 is 4.96. The Balaban J connectivity index is 1.64. The van der Waals surface area contributed by atoms with E-state index in [2.05, 4.69) is 10.1 Å². The van der Waals surface area contributed by atoms with Crippen molar-refractivity contribution in [3.8, 4) is 0 Å². The number of benzene rings is 1. The molecule has 2 atom stereocenters. The molecule has 0 aromatic heterocycles. The summed E-state index contributed by atoms with van der Waals surface area (Å²) in [5.74, 6) is 0.0979. The van der Waals surface area contributed by atoms with Crippen LogP contribution in [0.4, 0.5) is 0 Å². The zero-order valence-corrected chi connectivity index (χ0v) is 17.4. The van der Waals surface area contributed by atoms with E-state index in [1.807, 2.05) is 0 Å². The molecule has 0 bridgehead atoms. The Bertz CT molecular complexity index is 840. The normalized spacial score (nSPS) is 23.4. The molecule has 2 aliphatic heterocycles. The molecule has 0 radical (unpaired) electrons. The zero-order chi connectivity index (χ0) is 20.3. The van der Waals surface area contributed by atoms with E-state index in [1.54, 1.807) is 42.1 Å². The van der Waals surface area contributed by atoms with Gasteiger partial charge in [0.05, 0.1) is 29.7 Å². The molecule has 0 saturated carbocycles. The minimum absolute atomic E-state index is 0.183. The summed E-state index contributed by atoms with van der Waals surface area (Å²) in [6.45, 7) is -0.183. The number of rotatable bonds is 5. The van der Waals surface area contributed by atoms with Gasteiger partial charge in [-0.25, -0.2) is 4.79 Å². The van der Waals surface area contributed by atoms with Crippen LogP contribution in [0.15, 0.2) is 29.2 Å². The molecule has 0 spiro atoms. The lowest BCUT2D eigenvalue weighted by atomic mass is 10.1. The first-order chi connectivity index (χ1) is 13.4. The van der Waals surface area contributed by atoms with Gasteiger partial charge < -0.3 is 15.2 Å². The van der Waals surface area contributed by atoms with Crippen LogP contribution in [0.3, 0.4) is 0 Å². The number of nitrogens with zero attached hydrogens (tertiary/aromatic N) is 1. The zero-order valence-electron chi connectivity index (χ0n) is 14.9. The van der Waals surface area contributed by atoms with Crippen LogP contribution in [-0.4, -0.2) is 69.4 Å². The van der Waals surface area contributed by atoms with Gasteiger partial charge in [-0.2, -0.15) is 11.8 Å². The third-order valence-electron chi connectivity index (χ3n) is 4.20. The molecule has 28 heavy (non-hydrogen) atoms. The maximum atomic E-state index is 12.6. The van der Waals surface area contributed by atoms with Crippen molar-refractivity contribution in [1.29, 1.82) is 0 Å². The Hall–Kier alpha value is -1.88. The van der Waals surface area contributed by atoms with Crippen molar-refractivity contribution in [3.63, 3.8) is 0 Å². The van der Waals surface area contributed by atoms with E-state index >= 15 is 0 Å². The van der Waals surface area contributed by atoms with Crippen LogP contribution < -0.4 is 5.32 Å². The molecule has 10 heteroatoms. The average molecular weight is 439 g/mol. The summed E-state index contributed by atoms with van der Waals surface area (Å²) in [7, 11) is 1.31. The second kappa shape index (κ2) is 9.08. The first kappa shape index (κ1) is 20.8. The molecule has 2 amide bonds. The third kappa shape index (κ3) is 4.75. The Kier molecular flexibility index (Phi) is 6.76. The van der Waals surface area contributed by atoms with Crippen LogP contribution in [0.1, 0.15) is 15.9 Å². The molecule has 1 aromatic rings. The molecule has 2 heterocycles. The predicted octanol–water partition coefficient (Wildman–Crippen LogP) is 1.27. The lowest BCUT2D eigenvalue weighted by molar-refractivity contribution is -0.129. The molecule has 7 nitrogen and oxygen atoms in total. The highest BCUT2D eigenvalue weighted by Crippen LogP contribution is 2.32. The van der Waals surface area contributed by atoms with Crippen LogP contribution in [0.2, 0.25) is 0 Å². The van der Waals surface area contributed by atoms with Gasteiger partial charge in [-0.1, -0.05) is 36.1 Å². The van der Waals surface area contributed by atoms with Gasteiger partial charge in [0.1, 0.15) is 10.9 Å². The first-order valence-corrected chi connectivity index (χ1v) is 10.8. The fourth-order valence-corrected chi connectivity index (χ4v) is 5.12. The number of thioether (sulfide) groups is 2. The van der Waals surface area contributed by atoms with Crippen molar-refractivity contribution >= 4 is 63.9 Å². The molecule has 2 fully saturated rings. The van der Waals surface area contributed by atoms with E-state index in [9.17, 15) is 19.5 Å². The summed E-state index contributed by atoms with van der Waals surface area (Å²) in [6.07, 6.45) is 1.09. The molecular formula is C18H18N2O5S3. The number of amides is 2. The highest BCUT2D eigenvalue weighted by molar-refractivity contribution is 8.26. The van der Waals surface area contributed by atoms with Crippen LogP contribution in [0.25, 0.3) is 6.08 Å². The summed E-state index contributed by atoms with van der Waals surface area (Å²) in [5, 5.41) is 12.5. The van der Waals surface area contributed by atoms with Gasteiger partial charge in [-0.05, 0) is 23.8 Å². The number of nitrogens with one attached hydrogen (secondary N) is 1. The number of carbonyl (C=O) groups excluding carboxylic acids is 3. The number of hydrogen-bond donors (Lipinski definition) is 2. The van der Waals surface area contributed by atoms with E-state index in [4.69, 9.17) is 12.2 Å². The minimum Gasteiger partial charge on any atom is -0.465 e. The summed E-state index contributed by atoms with van der Waals surface area (Å²) >= 11 is 7.93. The topological polar surface area (TPSA) is 95.9 Å². The Labute approximate surface area is 175 Å².